The fourth-order valence-electron chi connectivity index (χ4n) is 2.49. The summed E-state index contributed by atoms with van der Waals surface area (Å²) in [6.45, 7) is 5.79. The number of rotatable bonds is 8. The lowest BCUT2D eigenvalue weighted by molar-refractivity contribution is 0.240. The molecule has 0 unspecified atom stereocenters. The molecule has 1 N–H and O–H groups in total. The minimum absolute atomic E-state index is 0.902. The quantitative estimate of drug-likeness (QED) is 0.622. The predicted octanol–water partition coefficient (Wildman–Crippen LogP) is 2.64. The van der Waals surface area contributed by atoms with Crippen molar-refractivity contribution in [1.29, 1.82) is 0 Å². The Labute approximate surface area is 95.4 Å². The molecule has 0 aliphatic heterocycles. The molecule has 0 aromatic heterocycles. The normalized spacial score (nSPS) is 17.8. The number of hydrogen-bond donors (Lipinski definition) is 1. The van der Waals surface area contributed by atoms with Gasteiger partial charge in [-0.25, -0.2) is 0 Å². The Morgan fingerprint density at radius 2 is 1.87 bits per heavy atom. The van der Waals surface area contributed by atoms with Gasteiger partial charge in [0.2, 0.25) is 0 Å². The standard InChI is InChI=1S/C13H28N2/c1-3-14-11-7-4-8-12-15(2)13-9-5-6-10-13/h13-14H,3-12H2,1-2H3. The van der Waals surface area contributed by atoms with Crippen LogP contribution >= 0.6 is 0 Å². The van der Waals surface area contributed by atoms with Gasteiger partial charge >= 0.3 is 0 Å². The zero-order valence-corrected chi connectivity index (χ0v) is 10.6. The molecule has 0 aromatic carbocycles. The molecular formula is C13H28N2. The molecule has 0 spiro atoms. The first-order valence-corrected chi connectivity index (χ1v) is 6.75. The van der Waals surface area contributed by atoms with Gasteiger partial charge in [0.25, 0.3) is 0 Å². The second kappa shape index (κ2) is 8.12. The van der Waals surface area contributed by atoms with Gasteiger partial charge in [-0.05, 0) is 52.4 Å². The Morgan fingerprint density at radius 1 is 1.13 bits per heavy atom. The highest BCUT2D eigenvalue weighted by atomic mass is 15.1. The minimum Gasteiger partial charge on any atom is -0.317 e. The maximum absolute atomic E-state index is 3.38. The van der Waals surface area contributed by atoms with Gasteiger partial charge in [-0.1, -0.05) is 26.2 Å². The van der Waals surface area contributed by atoms with Crippen LogP contribution in [0.5, 0.6) is 0 Å². The van der Waals surface area contributed by atoms with E-state index in [0.29, 0.717) is 0 Å². The Morgan fingerprint density at radius 3 is 2.53 bits per heavy atom. The molecule has 90 valence electrons. The molecule has 2 heteroatoms. The van der Waals surface area contributed by atoms with Crippen molar-refractivity contribution in [3.63, 3.8) is 0 Å². The summed E-state index contributed by atoms with van der Waals surface area (Å²) in [4.78, 5) is 2.58. The van der Waals surface area contributed by atoms with Crippen molar-refractivity contribution in [2.75, 3.05) is 26.7 Å². The summed E-state index contributed by atoms with van der Waals surface area (Å²) in [7, 11) is 2.31. The summed E-state index contributed by atoms with van der Waals surface area (Å²) < 4.78 is 0. The molecule has 1 aliphatic rings. The number of nitrogens with zero attached hydrogens (tertiary/aromatic N) is 1. The lowest BCUT2D eigenvalue weighted by Crippen LogP contribution is -2.30. The van der Waals surface area contributed by atoms with Gasteiger partial charge in [0.1, 0.15) is 0 Å². The highest BCUT2D eigenvalue weighted by Crippen LogP contribution is 2.22. The maximum atomic E-state index is 3.38. The fourth-order valence-corrected chi connectivity index (χ4v) is 2.49. The molecule has 1 rings (SSSR count). The maximum Gasteiger partial charge on any atom is 0.00922 e. The molecule has 1 aliphatic carbocycles. The first kappa shape index (κ1) is 13.0. The number of unbranched alkanes of at least 4 members (excludes halogenated alkanes) is 2. The third kappa shape index (κ3) is 5.53. The summed E-state index contributed by atoms with van der Waals surface area (Å²) in [5, 5.41) is 3.38. The highest BCUT2D eigenvalue weighted by molar-refractivity contribution is 4.74. The van der Waals surface area contributed by atoms with Crippen LogP contribution in [0, 0.1) is 0 Å². The van der Waals surface area contributed by atoms with Gasteiger partial charge in [0.15, 0.2) is 0 Å². The number of nitrogens with one attached hydrogen (secondary N) is 1. The van der Waals surface area contributed by atoms with Crippen LogP contribution in [0.3, 0.4) is 0 Å². The molecule has 0 atom stereocenters. The van der Waals surface area contributed by atoms with Gasteiger partial charge < -0.3 is 10.2 Å². The summed E-state index contributed by atoms with van der Waals surface area (Å²) in [5.74, 6) is 0. The number of hydrogen-bond acceptors (Lipinski definition) is 2. The van der Waals surface area contributed by atoms with Crippen LogP contribution in [0.25, 0.3) is 0 Å². The molecule has 0 radical (unpaired) electrons. The lowest BCUT2D eigenvalue weighted by atomic mass is 10.2. The average molecular weight is 212 g/mol. The molecule has 0 amide bonds. The molecule has 2 nitrogen and oxygen atoms in total. The molecule has 0 bridgehead atoms. The van der Waals surface area contributed by atoms with E-state index in [0.717, 1.165) is 12.6 Å². The van der Waals surface area contributed by atoms with E-state index in [1.807, 2.05) is 0 Å². The van der Waals surface area contributed by atoms with E-state index in [2.05, 4.69) is 24.2 Å². The summed E-state index contributed by atoms with van der Waals surface area (Å²) in [6.07, 6.45) is 9.88. The van der Waals surface area contributed by atoms with Crippen LogP contribution in [-0.2, 0) is 0 Å². The topological polar surface area (TPSA) is 15.3 Å². The largest absolute Gasteiger partial charge is 0.317 e. The second-order valence-corrected chi connectivity index (χ2v) is 4.83. The van der Waals surface area contributed by atoms with E-state index in [4.69, 9.17) is 0 Å². The van der Waals surface area contributed by atoms with Crippen LogP contribution in [0.1, 0.15) is 51.9 Å². The average Bonchev–Trinajstić information content (AvgIpc) is 2.76. The van der Waals surface area contributed by atoms with Crippen LogP contribution < -0.4 is 5.32 Å². The summed E-state index contributed by atoms with van der Waals surface area (Å²) >= 11 is 0. The molecule has 0 heterocycles. The van der Waals surface area contributed by atoms with E-state index < -0.39 is 0 Å². The summed E-state index contributed by atoms with van der Waals surface area (Å²) in [6, 6.07) is 0.902. The molecular weight excluding hydrogens is 184 g/mol. The molecule has 0 saturated heterocycles. The second-order valence-electron chi connectivity index (χ2n) is 4.83. The van der Waals surface area contributed by atoms with E-state index in [-0.39, 0.29) is 0 Å². The highest BCUT2D eigenvalue weighted by Gasteiger charge is 2.18. The Balaban J connectivity index is 1.90. The third-order valence-corrected chi connectivity index (χ3v) is 3.56. The lowest BCUT2D eigenvalue weighted by Gasteiger charge is -2.23. The SMILES string of the molecule is CCNCCCCCN(C)C1CCCC1. The zero-order valence-electron chi connectivity index (χ0n) is 10.6. The fraction of sp³-hybridized carbons (Fsp3) is 1.00. The molecule has 1 fully saturated rings. The van der Waals surface area contributed by atoms with Gasteiger partial charge in [0, 0.05) is 6.04 Å². The van der Waals surface area contributed by atoms with Gasteiger partial charge in [-0.2, -0.15) is 0 Å². The monoisotopic (exact) mass is 212 g/mol. The molecule has 1 saturated carbocycles. The van der Waals surface area contributed by atoms with Crippen LogP contribution in [0.15, 0.2) is 0 Å². The third-order valence-electron chi connectivity index (χ3n) is 3.56. The Kier molecular flexibility index (Phi) is 7.03. The first-order valence-electron chi connectivity index (χ1n) is 6.75. The van der Waals surface area contributed by atoms with Crippen molar-refractivity contribution in [2.24, 2.45) is 0 Å². The predicted molar refractivity (Wildman–Crippen MR) is 67.3 cm³/mol. The van der Waals surface area contributed by atoms with Crippen LogP contribution in [0.2, 0.25) is 0 Å². The first-order chi connectivity index (χ1) is 7.34. The molecule has 0 aromatic rings. The molecule has 15 heavy (non-hydrogen) atoms. The van der Waals surface area contributed by atoms with Crippen LogP contribution in [0.4, 0.5) is 0 Å². The van der Waals surface area contributed by atoms with Crippen molar-refractivity contribution in [3.8, 4) is 0 Å². The van der Waals surface area contributed by atoms with Crippen LogP contribution in [-0.4, -0.2) is 37.6 Å². The van der Waals surface area contributed by atoms with Gasteiger partial charge in [-0.3, -0.25) is 0 Å². The van der Waals surface area contributed by atoms with E-state index in [1.54, 1.807) is 0 Å². The van der Waals surface area contributed by atoms with E-state index in [1.165, 1.54) is 58.0 Å². The van der Waals surface area contributed by atoms with Crippen molar-refractivity contribution < 1.29 is 0 Å². The van der Waals surface area contributed by atoms with Crippen molar-refractivity contribution in [2.45, 2.75) is 57.9 Å². The van der Waals surface area contributed by atoms with E-state index >= 15 is 0 Å². The van der Waals surface area contributed by atoms with Gasteiger partial charge in [0.05, 0.1) is 0 Å². The smallest absolute Gasteiger partial charge is 0.00922 e. The van der Waals surface area contributed by atoms with Crippen molar-refractivity contribution in [3.05, 3.63) is 0 Å². The van der Waals surface area contributed by atoms with Gasteiger partial charge in [-0.15, -0.1) is 0 Å². The summed E-state index contributed by atoms with van der Waals surface area (Å²) in [5.41, 5.74) is 0. The Bertz CT molecular complexity index is 141. The zero-order chi connectivity index (χ0) is 10.9. The van der Waals surface area contributed by atoms with Crippen molar-refractivity contribution >= 4 is 0 Å². The Hall–Kier alpha value is -0.0800. The minimum atomic E-state index is 0.902. The van der Waals surface area contributed by atoms with Crippen molar-refractivity contribution in [1.82, 2.24) is 10.2 Å². The van der Waals surface area contributed by atoms with E-state index in [9.17, 15) is 0 Å².